The molecule has 2 saturated heterocycles. The highest BCUT2D eigenvalue weighted by Crippen LogP contribution is 2.34. The lowest BCUT2D eigenvalue weighted by atomic mass is 10.0. The molecule has 0 aromatic heterocycles. The number of thioether (sulfide) groups is 1. The molecule has 0 spiro atoms. The third-order valence-corrected chi connectivity index (χ3v) is 6.25. The number of nitrogens with two attached hydrogens (primary N) is 1. The first kappa shape index (κ1) is 26.1. The number of carbonyl (C=O) groups is 1. The van der Waals surface area contributed by atoms with Crippen LogP contribution < -0.4 is 21.7 Å². The molecule has 8 heteroatoms. The van der Waals surface area contributed by atoms with Crippen molar-refractivity contribution in [1.29, 1.82) is 0 Å². The molecule has 2 fully saturated rings. The summed E-state index contributed by atoms with van der Waals surface area (Å²) in [6, 6.07) is 1.09. The average molecular weight is 431 g/mol. The van der Waals surface area contributed by atoms with Crippen molar-refractivity contribution in [2.24, 2.45) is 5.73 Å². The van der Waals surface area contributed by atoms with Crippen molar-refractivity contribution in [1.82, 2.24) is 16.0 Å². The summed E-state index contributed by atoms with van der Waals surface area (Å²) in [6.45, 7) is 9.41. The van der Waals surface area contributed by atoms with E-state index in [2.05, 4.69) is 40.7 Å². The zero-order valence-electron chi connectivity index (χ0n) is 18.5. The van der Waals surface area contributed by atoms with Crippen LogP contribution in [0.5, 0.6) is 0 Å². The molecule has 170 valence electrons. The van der Waals surface area contributed by atoms with Crippen LogP contribution in [-0.4, -0.2) is 68.5 Å². The van der Waals surface area contributed by atoms with E-state index in [1.807, 2.05) is 13.8 Å². The number of allylic oxidation sites excluding steroid dienone is 1. The molecule has 5 N–H and O–H groups in total. The summed E-state index contributed by atoms with van der Waals surface area (Å²) in [5.74, 6) is 2.48. The smallest absolute Gasteiger partial charge is 0.220 e. The molecular formula is C21H42N4O3S. The number of rotatable bonds is 14. The maximum atomic E-state index is 11.9. The Bertz CT molecular complexity index is 465. The van der Waals surface area contributed by atoms with Gasteiger partial charge in [0.1, 0.15) is 0 Å². The monoisotopic (exact) mass is 430 g/mol. The number of amides is 1. The van der Waals surface area contributed by atoms with Gasteiger partial charge in [-0.3, -0.25) is 4.79 Å². The van der Waals surface area contributed by atoms with E-state index in [4.69, 9.17) is 15.2 Å². The van der Waals surface area contributed by atoms with Crippen LogP contribution in [0.2, 0.25) is 0 Å². The Labute approximate surface area is 181 Å². The molecule has 2 aliphatic heterocycles. The third kappa shape index (κ3) is 10.6. The van der Waals surface area contributed by atoms with Gasteiger partial charge in [-0.05, 0) is 25.3 Å². The quantitative estimate of drug-likeness (QED) is 0.313. The lowest BCUT2D eigenvalue weighted by Crippen LogP contribution is -2.36. The summed E-state index contributed by atoms with van der Waals surface area (Å²) < 4.78 is 10.6. The molecule has 0 aliphatic carbocycles. The maximum absolute atomic E-state index is 11.9. The second kappa shape index (κ2) is 16.8. The second-order valence-electron chi connectivity index (χ2n) is 6.93. The summed E-state index contributed by atoms with van der Waals surface area (Å²) >= 11 is 2.05. The van der Waals surface area contributed by atoms with Crippen molar-refractivity contribution < 1.29 is 14.3 Å². The predicted molar refractivity (Wildman–Crippen MR) is 122 cm³/mol. The van der Waals surface area contributed by atoms with E-state index >= 15 is 0 Å². The number of hydrogen-bond acceptors (Lipinski definition) is 7. The zero-order valence-corrected chi connectivity index (χ0v) is 19.3. The van der Waals surface area contributed by atoms with Crippen molar-refractivity contribution in [3.63, 3.8) is 0 Å². The Hall–Kier alpha value is -0.960. The molecule has 0 saturated carbocycles. The molecule has 0 aromatic rings. The van der Waals surface area contributed by atoms with Crippen LogP contribution >= 0.6 is 11.8 Å². The summed E-state index contributed by atoms with van der Waals surface area (Å²) in [5, 5.41) is 10.8. The Morgan fingerprint density at radius 2 is 1.97 bits per heavy atom. The normalized spacial score (nSPS) is 23.7. The first-order valence-electron chi connectivity index (χ1n) is 11.2. The Morgan fingerprint density at radius 3 is 2.69 bits per heavy atom. The molecule has 2 aliphatic rings. The minimum absolute atomic E-state index is 0.115. The molecule has 2 rings (SSSR count). The highest BCUT2D eigenvalue weighted by molar-refractivity contribution is 8.00. The van der Waals surface area contributed by atoms with Gasteiger partial charge in [0.15, 0.2) is 0 Å². The van der Waals surface area contributed by atoms with E-state index in [1.165, 1.54) is 18.0 Å². The number of nitrogens with one attached hydrogen (secondary N) is 3. The van der Waals surface area contributed by atoms with E-state index in [1.54, 1.807) is 0 Å². The highest BCUT2D eigenvalue weighted by atomic mass is 32.2. The SMILES string of the molecule is CC.CC/C=C1\NC2CSC(CCCCC(=O)NCCOCCOCCN)C2N1. The van der Waals surface area contributed by atoms with Crippen LogP contribution in [0.25, 0.3) is 0 Å². The third-order valence-electron chi connectivity index (χ3n) is 4.74. The van der Waals surface area contributed by atoms with Gasteiger partial charge in [0.2, 0.25) is 5.91 Å². The summed E-state index contributed by atoms with van der Waals surface area (Å²) in [7, 11) is 0. The number of ether oxygens (including phenoxy) is 2. The summed E-state index contributed by atoms with van der Waals surface area (Å²) in [5.41, 5.74) is 5.33. The maximum Gasteiger partial charge on any atom is 0.220 e. The van der Waals surface area contributed by atoms with Crippen molar-refractivity contribution in [2.45, 2.75) is 70.2 Å². The molecule has 0 aromatic carbocycles. The molecule has 1 amide bonds. The predicted octanol–water partition coefficient (Wildman–Crippen LogP) is 1.98. The molecule has 0 bridgehead atoms. The van der Waals surface area contributed by atoms with Crippen molar-refractivity contribution in [3.05, 3.63) is 11.9 Å². The Morgan fingerprint density at radius 1 is 1.21 bits per heavy atom. The van der Waals surface area contributed by atoms with Gasteiger partial charge in [0, 0.05) is 30.5 Å². The Kier molecular flexibility index (Phi) is 15.1. The fourth-order valence-electron chi connectivity index (χ4n) is 3.41. The summed E-state index contributed by atoms with van der Waals surface area (Å²) in [6.07, 6.45) is 7.07. The largest absolute Gasteiger partial charge is 0.378 e. The van der Waals surface area contributed by atoms with Crippen molar-refractivity contribution >= 4 is 17.7 Å². The molecular weight excluding hydrogens is 388 g/mol. The molecule has 0 radical (unpaired) electrons. The minimum Gasteiger partial charge on any atom is -0.378 e. The fraction of sp³-hybridized carbons (Fsp3) is 0.857. The van der Waals surface area contributed by atoms with Gasteiger partial charge < -0.3 is 31.2 Å². The number of hydrogen-bond donors (Lipinski definition) is 4. The molecule has 3 unspecified atom stereocenters. The lowest BCUT2D eigenvalue weighted by Gasteiger charge is -2.17. The molecule has 3 atom stereocenters. The standard InChI is InChI=1S/C19H36N4O3S.C2H6/c1-2-5-17-22-15-14-27-16(19(15)23-17)6-3-4-7-18(24)21-9-11-26-13-12-25-10-8-20;1-2/h5,15-16,19,22-23H,2-4,6-14,20H2,1H3,(H,21,24);1-2H3/b17-5+;. The van der Waals surface area contributed by atoms with Gasteiger partial charge >= 0.3 is 0 Å². The average Bonchev–Trinajstić information content (AvgIpc) is 3.30. The van der Waals surface area contributed by atoms with Gasteiger partial charge in [-0.1, -0.05) is 27.2 Å². The highest BCUT2D eigenvalue weighted by Gasteiger charge is 2.40. The van der Waals surface area contributed by atoms with E-state index in [0.717, 1.165) is 19.3 Å². The van der Waals surface area contributed by atoms with Crippen LogP contribution in [0, 0.1) is 0 Å². The Balaban J connectivity index is 0.00000204. The van der Waals surface area contributed by atoms with Crippen LogP contribution in [-0.2, 0) is 14.3 Å². The van der Waals surface area contributed by atoms with Crippen LogP contribution in [0.4, 0.5) is 0 Å². The molecule has 7 nitrogen and oxygen atoms in total. The number of fused-ring (bicyclic) bond motifs is 1. The van der Waals surface area contributed by atoms with Gasteiger partial charge in [0.05, 0.1) is 44.3 Å². The van der Waals surface area contributed by atoms with E-state index in [-0.39, 0.29) is 5.91 Å². The van der Waals surface area contributed by atoms with Crippen LogP contribution in [0.3, 0.4) is 0 Å². The van der Waals surface area contributed by atoms with Crippen molar-refractivity contribution in [2.75, 3.05) is 45.3 Å². The lowest BCUT2D eigenvalue weighted by molar-refractivity contribution is -0.121. The van der Waals surface area contributed by atoms with E-state index in [0.29, 0.717) is 63.3 Å². The minimum atomic E-state index is 0.115. The van der Waals surface area contributed by atoms with Gasteiger partial charge in [-0.15, -0.1) is 0 Å². The van der Waals surface area contributed by atoms with Gasteiger partial charge in [-0.25, -0.2) is 0 Å². The van der Waals surface area contributed by atoms with Gasteiger partial charge in [0.25, 0.3) is 0 Å². The van der Waals surface area contributed by atoms with Crippen LogP contribution in [0.15, 0.2) is 11.9 Å². The fourth-order valence-corrected chi connectivity index (χ4v) is 4.96. The topological polar surface area (TPSA) is 97.6 Å². The second-order valence-corrected chi connectivity index (χ2v) is 8.20. The summed E-state index contributed by atoms with van der Waals surface area (Å²) in [4.78, 5) is 11.9. The first-order chi connectivity index (χ1) is 14.2. The van der Waals surface area contributed by atoms with Crippen LogP contribution in [0.1, 0.15) is 52.9 Å². The van der Waals surface area contributed by atoms with E-state index < -0.39 is 0 Å². The number of unbranched alkanes of at least 4 members (excludes halogenated alkanes) is 1. The zero-order chi connectivity index (χ0) is 21.3. The number of carbonyl (C=O) groups excluding carboxylic acids is 1. The van der Waals surface area contributed by atoms with Gasteiger partial charge in [-0.2, -0.15) is 11.8 Å². The van der Waals surface area contributed by atoms with Crippen molar-refractivity contribution in [3.8, 4) is 0 Å². The molecule has 2 heterocycles. The molecule has 29 heavy (non-hydrogen) atoms. The first-order valence-corrected chi connectivity index (χ1v) is 12.3. The van der Waals surface area contributed by atoms with E-state index in [9.17, 15) is 4.79 Å².